The first-order chi connectivity index (χ1) is 19.2. The van der Waals surface area contributed by atoms with E-state index >= 15 is 0 Å². The fourth-order valence-corrected chi connectivity index (χ4v) is 4.09. The number of hydrogen-bond donors (Lipinski definition) is 1. The van der Waals surface area contributed by atoms with Crippen LogP contribution in [0.4, 0.5) is 18.9 Å². The number of nitrogens with one attached hydrogen (secondary N) is 1. The van der Waals surface area contributed by atoms with Crippen LogP contribution >= 0.6 is 11.6 Å². The van der Waals surface area contributed by atoms with Crippen LogP contribution in [0, 0.1) is 0 Å². The van der Waals surface area contributed by atoms with E-state index in [2.05, 4.69) is 5.32 Å². The molecule has 0 radical (unpaired) electrons. The molecule has 0 aliphatic carbocycles. The lowest BCUT2D eigenvalue weighted by atomic mass is 10.1. The minimum Gasteiger partial charge on any atom is -0.484 e. The minimum atomic E-state index is -5.03. The van der Waals surface area contributed by atoms with Gasteiger partial charge < -0.3 is 19.2 Å². The molecule has 4 aromatic carbocycles. The summed E-state index contributed by atoms with van der Waals surface area (Å²) in [6, 6.07) is 25.8. The summed E-state index contributed by atoms with van der Waals surface area (Å²) in [5.41, 5.74) is 0.795. The van der Waals surface area contributed by atoms with Gasteiger partial charge in [-0.25, -0.2) is 0 Å². The summed E-state index contributed by atoms with van der Waals surface area (Å²) in [6.45, 7) is -0.450. The third kappa shape index (κ3) is 6.10. The number of hydrogen-bond acceptors (Lipinski definition) is 5. The first-order valence-corrected chi connectivity index (χ1v) is 12.2. The van der Waals surface area contributed by atoms with Gasteiger partial charge in [0.2, 0.25) is 11.2 Å². The Morgan fingerprint density at radius 1 is 0.850 bits per heavy atom. The molecule has 0 bridgehead atoms. The molecule has 0 saturated carbocycles. The van der Waals surface area contributed by atoms with Gasteiger partial charge in [0.05, 0.1) is 5.39 Å². The maximum Gasteiger partial charge on any atom is 0.453 e. The second kappa shape index (κ2) is 11.2. The van der Waals surface area contributed by atoms with Gasteiger partial charge in [-0.05, 0) is 53.6 Å². The Bertz CT molecular complexity index is 1740. The molecule has 40 heavy (non-hydrogen) atoms. The molecule has 0 spiro atoms. The average Bonchev–Trinajstić information content (AvgIpc) is 2.93. The van der Waals surface area contributed by atoms with Gasteiger partial charge in [0.1, 0.15) is 17.1 Å². The van der Waals surface area contributed by atoms with E-state index in [1.54, 1.807) is 36.4 Å². The lowest BCUT2D eigenvalue weighted by Gasteiger charge is -2.14. The Labute approximate surface area is 230 Å². The Balaban J connectivity index is 1.39. The molecule has 0 atom stereocenters. The first kappa shape index (κ1) is 26.8. The van der Waals surface area contributed by atoms with Gasteiger partial charge in [-0.1, -0.05) is 60.1 Å². The number of carbonyl (C=O) groups is 1. The zero-order chi connectivity index (χ0) is 28.3. The highest BCUT2D eigenvalue weighted by atomic mass is 35.5. The number of fused-ring (bicyclic) bond motifs is 1. The quantitative estimate of drug-likeness (QED) is 0.217. The number of halogens is 4. The molecule has 1 amide bonds. The van der Waals surface area contributed by atoms with Gasteiger partial charge in [0.15, 0.2) is 6.61 Å². The van der Waals surface area contributed by atoms with Gasteiger partial charge >= 0.3 is 6.18 Å². The molecule has 5 aromatic rings. The molecule has 0 unspecified atom stereocenters. The molecule has 0 saturated heterocycles. The van der Waals surface area contributed by atoms with Crippen molar-refractivity contribution in [1.29, 1.82) is 0 Å². The lowest BCUT2D eigenvalue weighted by molar-refractivity contribution is -0.154. The van der Waals surface area contributed by atoms with Crippen molar-refractivity contribution < 1.29 is 31.9 Å². The third-order valence-electron chi connectivity index (χ3n) is 5.74. The number of alkyl halides is 3. The number of rotatable bonds is 7. The molecule has 0 aliphatic heterocycles. The van der Waals surface area contributed by atoms with E-state index in [0.29, 0.717) is 10.7 Å². The highest BCUT2D eigenvalue weighted by Crippen LogP contribution is 2.39. The van der Waals surface area contributed by atoms with Crippen LogP contribution in [-0.2, 0) is 11.0 Å². The molecule has 202 valence electrons. The van der Waals surface area contributed by atoms with Crippen molar-refractivity contribution in [2.75, 3.05) is 11.9 Å². The summed E-state index contributed by atoms with van der Waals surface area (Å²) < 4.78 is 57.7. The second-order valence-corrected chi connectivity index (χ2v) is 9.02. The van der Waals surface area contributed by atoms with Gasteiger partial charge in [-0.15, -0.1) is 0 Å². The normalized spacial score (nSPS) is 11.3. The maximum atomic E-state index is 13.9. The van der Waals surface area contributed by atoms with Crippen LogP contribution in [0.2, 0.25) is 5.02 Å². The standard InChI is InChI=1S/C30H19ClF3NO5/c31-20-7-4-8-21(15-20)35-26(36)17-38-23-13-14-24-25(16-23)40-29(30(32,33)34)28(27(24)37)39-22-11-9-19(10-12-22)18-5-2-1-3-6-18/h1-16H,17H2,(H,35,36). The van der Waals surface area contributed by atoms with Crippen LogP contribution in [0.5, 0.6) is 17.2 Å². The van der Waals surface area contributed by atoms with E-state index in [0.717, 1.165) is 17.2 Å². The Morgan fingerprint density at radius 3 is 2.25 bits per heavy atom. The molecule has 6 nitrogen and oxygen atoms in total. The monoisotopic (exact) mass is 565 g/mol. The molecule has 0 aliphatic rings. The van der Waals surface area contributed by atoms with Crippen molar-refractivity contribution in [2.45, 2.75) is 6.18 Å². The number of anilines is 1. The van der Waals surface area contributed by atoms with Crippen molar-refractivity contribution in [3.05, 3.63) is 118 Å². The van der Waals surface area contributed by atoms with Crippen molar-refractivity contribution in [3.63, 3.8) is 0 Å². The van der Waals surface area contributed by atoms with Gasteiger partial charge in [-0.2, -0.15) is 13.2 Å². The Hall–Kier alpha value is -4.76. The van der Waals surface area contributed by atoms with Gasteiger partial charge in [-0.3, -0.25) is 9.59 Å². The van der Waals surface area contributed by atoms with Crippen LogP contribution in [0.15, 0.2) is 106 Å². The zero-order valence-electron chi connectivity index (χ0n) is 20.5. The smallest absolute Gasteiger partial charge is 0.453 e. The molecule has 1 N–H and O–H groups in total. The number of amides is 1. The van der Waals surface area contributed by atoms with E-state index in [1.807, 2.05) is 30.3 Å². The predicted molar refractivity (Wildman–Crippen MR) is 145 cm³/mol. The Morgan fingerprint density at radius 2 is 1.55 bits per heavy atom. The molecule has 5 rings (SSSR count). The fourth-order valence-electron chi connectivity index (χ4n) is 3.90. The third-order valence-corrected chi connectivity index (χ3v) is 5.97. The predicted octanol–water partition coefficient (Wildman–Crippen LogP) is 7.94. The number of benzene rings is 4. The maximum absolute atomic E-state index is 13.9. The van der Waals surface area contributed by atoms with Crippen molar-refractivity contribution >= 4 is 34.2 Å². The summed E-state index contributed by atoms with van der Waals surface area (Å²) >= 11 is 5.89. The summed E-state index contributed by atoms with van der Waals surface area (Å²) in [5, 5.41) is 2.86. The topological polar surface area (TPSA) is 77.8 Å². The SMILES string of the molecule is O=C(COc1ccc2c(=O)c(Oc3ccc(-c4ccccc4)cc3)c(C(F)(F)F)oc2c1)Nc1cccc(Cl)c1. The summed E-state index contributed by atoms with van der Waals surface area (Å²) in [6.07, 6.45) is -5.03. The van der Waals surface area contributed by atoms with Crippen molar-refractivity contribution in [1.82, 2.24) is 0 Å². The Kier molecular flexibility index (Phi) is 7.48. The summed E-state index contributed by atoms with van der Waals surface area (Å²) in [5.74, 6) is -3.05. The summed E-state index contributed by atoms with van der Waals surface area (Å²) in [4.78, 5) is 25.3. The van der Waals surface area contributed by atoms with E-state index in [1.165, 1.54) is 24.3 Å². The van der Waals surface area contributed by atoms with Crippen molar-refractivity contribution in [3.8, 4) is 28.4 Å². The van der Waals surface area contributed by atoms with Gasteiger partial charge in [0.25, 0.3) is 11.7 Å². The summed E-state index contributed by atoms with van der Waals surface area (Å²) in [7, 11) is 0. The van der Waals surface area contributed by atoms with E-state index < -0.39 is 35.6 Å². The van der Waals surface area contributed by atoms with Crippen molar-refractivity contribution in [2.24, 2.45) is 0 Å². The van der Waals surface area contributed by atoms with Crippen LogP contribution in [0.1, 0.15) is 5.76 Å². The molecule has 10 heteroatoms. The van der Waals surface area contributed by atoms with E-state index in [4.69, 9.17) is 25.5 Å². The molecule has 0 fully saturated rings. The van der Waals surface area contributed by atoms with E-state index in [-0.39, 0.29) is 22.5 Å². The number of carbonyl (C=O) groups excluding carboxylic acids is 1. The van der Waals surface area contributed by atoms with Gasteiger partial charge in [0, 0.05) is 16.8 Å². The largest absolute Gasteiger partial charge is 0.484 e. The molecular weight excluding hydrogens is 547 g/mol. The average molecular weight is 566 g/mol. The van der Waals surface area contributed by atoms with Crippen LogP contribution in [0.3, 0.4) is 0 Å². The highest BCUT2D eigenvalue weighted by molar-refractivity contribution is 6.30. The first-order valence-electron chi connectivity index (χ1n) is 11.9. The second-order valence-electron chi connectivity index (χ2n) is 8.58. The minimum absolute atomic E-state index is 0.0233. The molecule has 1 heterocycles. The lowest BCUT2D eigenvalue weighted by Crippen LogP contribution is -2.20. The number of ether oxygens (including phenoxy) is 2. The molecular formula is C30H19ClF3NO5. The van der Waals surface area contributed by atoms with E-state index in [9.17, 15) is 22.8 Å². The highest BCUT2D eigenvalue weighted by Gasteiger charge is 2.40. The van der Waals surface area contributed by atoms with Crippen LogP contribution < -0.4 is 20.2 Å². The zero-order valence-corrected chi connectivity index (χ0v) is 21.3. The fraction of sp³-hybridized carbons (Fsp3) is 0.0667. The van der Waals surface area contributed by atoms with Crippen LogP contribution in [-0.4, -0.2) is 12.5 Å². The molecule has 1 aromatic heterocycles. The van der Waals surface area contributed by atoms with Crippen LogP contribution in [0.25, 0.3) is 22.1 Å².